The molecule has 5 rings (SSSR count). The minimum atomic E-state index is 0.913. The first-order valence-electron chi connectivity index (χ1n) is 12.9. The van der Waals surface area contributed by atoms with E-state index in [-0.39, 0.29) is 0 Å². The molecule has 0 radical (unpaired) electrons. The lowest BCUT2D eigenvalue weighted by atomic mass is 10.2. The monoisotopic (exact) mass is 471 g/mol. The van der Waals surface area contributed by atoms with Crippen molar-refractivity contribution >= 4 is 22.4 Å². The van der Waals surface area contributed by atoms with Crippen molar-refractivity contribution in [3.63, 3.8) is 0 Å². The van der Waals surface area contributed by atoms with Crippen LogP contribution in [-0.2, 0) is 13.0 Å². The molecule has 0 bridgehead atoms. The maximum atomic E-state index is 5.04. The second-order valence-corrected chi connectivity index (χ2v) is 9.35. The minimum Gasteiger partial charge on any atom is -0.372 e. The highest BCUT2D eigenvalue weighted by molar-refractivity contribution is 5.91. The summed E-state index contributed by atoms with van der Waals surface area (Å²) >= 11 is 0. The molecule has 1 saturated heterocycles. The van der Waals surface area contributed by atoms with Crippen molar-refractivity contribution in [2.75, 3.05) is 49.1 Å². The van der Waals surface area contributed by atoms with Crippen LogP contribution >= 0.6 is 0 Å². The van der Waals surface area contributed by atoms with Gasteiger partial charge in [-0.3, -0.25) is 4.90 Å². The first kappa shape index (κ1) is 23.4. The quantitative estimate of drug-likeness (QED) is 0.379. The van der Waals surface area contributed by atoms with Gasteiger partial charge in [0.2, 0.25) is 0 Å². The highest BCUT2D eigenvalue weighted by Gasteiger charge is 2.21. The van der Waals surface area contributed by atoms with Gasteiger partial charge < -0.3 is 19.8 Å². The Balaban J connectivity index is 1.30. The summed E-state index contributed by atoms with van der Waals surface area (Å²) in [5, 5.41) is 0. The van der Waals surface area contributed by atoms with Gasteiger partial charge in [0.25, 0.3) is 0 Å². The molecule has 0 saturated carbocycles. The molecule has 0 amide bonds. The molecule has 3 heterocycles. The molecule has 2 aromatic carbocycles. The first-order chi connectivity index (χ1) is 17.1. The number of hydrogen-bond acceptors (Lipinski definition) is 5. The molecule has 0 aliphatic carbocycles. The van der Waals surface area contributed by atoms with E-state index in [1.807, 2.05) is 0 Å². The van der Waals surface area contributed by atoms with Gasteiger partial charge in [-0.1, -0.05) is 13.0 Å². The number of aromatic nitrogens is 4. The Hall–Kier alpha value is -3.32. The standard InChI is InChI=1S/C28H37N7/c1-5-26-29-20(4)24(30-26)19-33-15-17-35(18-16-33)25-10-8-9-23-27(25)32-28(31-23)21-11-13-22(14-12-21)34(6-2)7-3/h8-14H,5-7,15-19H2,1-4H3,(H,29,30)(H,31,32). The van der Waals surface area contributed by atoms with Gasteiger partial charge in [-0.15, -0.1) is 0 Å². The summed E-state index contributed by atoms with van der Waals surface area (Å²) in [7, 11) is 0. The van der Waals surface area contributed by atoms with E-state index in [9.17, 15) is 0 Å². The summed E-state index contributed by atoms with van der Waals surface area (Å²) in [6.07, 6.45) is 0.949. The number of nitrogens with zero attached hydrogens (tertiary/aromatic N) is 5. The van der Waals surface area contributed by atoms with Crippen LogP contribution in [0.25, 0.3) is 22.4 Å². The highest BCUT2D eigenvalue weighted by Crippen LogP contribution is 2.30. The van der Waals surface area contributed by atoms with Gasteiger partial charge in [-0.25, -0.2) is 9.97 Å². The summed E-state index contributed by atoms with van der Waals surface area (Å²) in [4.78, 5) is 24.1. The molecule has 7 heteroatoms. The molecule has 0 unspecified atom stereocenters. The third kappa shape index (κ3) is 4.78. The fourth-order valence-electron chi connectivity index (χ4n) is 5.07. The third-order valence-corrected chi connectivity index (χ3v) is 7.22. The number of H-pyrrole nitrogens is 2. The van der Waals surface area contributed by atoms with Crippen molar-refractivity contribution in [3.8, 4) is 11.4 Å². The highest BCUT2D eigenvalue weighted by atomic mass is 15.3. The van der Waals surface area contributed by atoms with Gasteiger partial charge in [0.05, 0.1) is 16.9 Å². The van der Waals surface area contributed by atoms with Crippen molar-refractivity contribution in [2.45, 2.75) is 40.7 Å². The van der Waals surface area contributed by atoms with E-state index in [2.05, 4.69) is 94.8 Å². The number of fused-ring (bicyclic) bond motifs is 1. The van der Waals surface area contributed by atoms with Crippen LogP contribution in [0.3, 0.4) is 0 Å². The van der Waals surface area contributed by atoms with Crippen LogP contribution < -0.4 is 9.80 Å². The van der Waals surface area contributed by atoms with Crippen molar-refractivity contribution in [1.29, 1.82) is 0 Å². The average molecular weight is 472 g/mol. The fourth-order valence-corrected chi connectivity index (χ4v) is 5.07. The van der Waals surface area contributed by atoms with Gasteiger partial charge in [0.15, 0.2) is 0 Å². The number of aromatic amines is 2. The Morgan fingerprint density at radius 3 is 2.29 bits per heavy atom. The maximum Gasteiger partial charge on any atom is 0.138 e. The van der Waals surface area contributed by atoms with Crippen LogP contribution in [0.4, 0.5) is 11.4 Å². The molecule has 0 spiro atoms. The van der Waals surface area contributed by atoms with Crippen molar-refractivity contribution in [2.24, 2.45) is 0 Å². The lowest BCUT2D eigenvalue weighted by Gasteiger charge is -2.36. The van der Waals surface area contributed by atoms with Gasteiger partial charge >= 0.3 is 0 Å². The summed E-state index contributed by atoms with van der Waals surface area (Å²) in [5.41, 5.74) is 8.11. The molecule has 1 aliphatic rings. The number of imidazole rings is 2. The Morgan fingerprint density at radius 2 is 1.63 bits per heavy atom. The van der Waals surface area contributed by atoms with Gasteiger partial charge in [-0.2, -0.15) is 0 Å². The number of para-hydroxylation sites is 1. The normalized spacial score (nSPS) is 14.7. The van der Waals surface area contributed by atoms with Gasteiger partial charge in [0.1, 0.15) is 17.2 Å². The Labute approximate surface area is 208 Å². The summed E-state index contributed by atoms with van der Waals surface area (Å²) in [6, 6.07) is 15.2. The lowest BCUT2D eigenvalue weighted by Crippen LogP contribution is -2.46. The first-order valence-corrected chi connectivity index (χ1v) is 12.9. The number of rotatable bonds is 8. The Bertz CT molecular complexity index is 1260. The number of benzene rings is 2. The molecule has 2 aromatic heterocycles. The van der Waals surface area contributed by atoms with E-state index in [0.717, 1.165) is 80.5 Å². The average Bonchev–Trinajstić information content (AvgIpc) is 3.49. The van der Waals surface area contributed by atoms with E-state index >= 15 is 0 Å². The zero-order valence-corrected chi connectivity index (χ0v) is 21.4. The van der Waals surface area contributed by atoms with Crippen molar-refractivity contribution < 1.29 is 0 Å². The zero-order chi connectivity index (χ0) is 24.4. The van der Waals surface area contributed by atoms with E-state index < -0.39 is 0 Å². The molecule has 35 heavy (non-hydrogen) atoms. The van der Waals surface area contributed by atoms with Crippen LogP contribution in [0.1, 0.15) is 38.0 Å². The molecule has 1 aliphatic heterocycles. The van der Waals surface area contributed by atoms with Crippen molar-refractivity contribution in [1.82, 2.24) is 24.8 Å². The molecular weight excluding hydrogens is 434 g/mol. The van der Waals surface area contributed by atoms with E-state index in [1.54, 1.807) is 0 Å². The van der Waals surface area contributed by atoms with Crippen molar-refractivity contribution in [3.05, 3.63) is 59.7 Å². The molecular formula is C28H37N7. The lowest BCUT2D eigenvalue weighted by molar-refractivity contribution is 0.247. The zero-order valence-electron chi connectivity index (χ0n) is 21.4. The molecule has 184 valence electrons. The van der Waals surface area contributed by atoms with Crippen LogP contribution in [0, 0.1) is 6.92 Å². The predicted molar refractivity (Wildman–Crippen MR) is 145 cm³/mol. The van der Waals surface area contributed by atoms with Crippen LogP contribution in [-0.4, -0.2) is 64.1 Å². The minimum absolute atomic E-state index is 0.913. The maximum absolute atomic E-state index is 5.04. The second-order valence-electron chi connectivity index (χ2n) is 9.35. The summed E-state index contributed by atoms with van der Waals surface area (Å²) in [6.45, 7) is 15.6. The second kappa shape index (κ2) is 10.1. The molecule has 4 aromatic rings. The van der Waals surface area contributed by atoms with E-state index in [0.29, 0.717) is 0 Å². The SMILES string of the molecule is CCc1nc(CN2CCN(c3cccc4[nH]c(-c5ccc(N(CC)CC)cc5)nc34)CC2)c(C)[nH]1. The summed E-state index contributed by atoms with van der Waals surface area (Å²) in [5.74, 6) is 2.01. The van der Waals surface area contributed by atoms with E-state index in [1.165, 1.54) is 22.8 Å². The van der Waals surface area contributed by atoms with Crippen LogP contribution in [0.2, 0.25) is 0 Å². The van der Waals surface area contributed by atoms with Crippen LogP contribution in [0.15, 0.2) is 42.5 Å². The fraction of sp³-hybridized carbons (Fsp3) is 0.429. The molecule has 7 nitrogen and oxygen atoms in total. The number of piperazine rings is 1. The Morgan fingerprint density at radius 1 is 0.886 bits per heavy atom. The third-order valence-electron chi connectivity index (χ3n) is 7.22. The number of hydrogen-bond donors (Lipinski definition) is 2. The van der Waals surface area contributed by atoms with E-state index in [4.69, 9.17) is 9.97 Å². The number of aryl methyl sites for hydroxylation is 2. The smallest absolute Gasteiger partial charge is 0.138 e. The largest absolute Gasteiger partial charge is 0.372 e. The molecule has 0 atom stereocenters. The topological polar surface area (TPSA) is 67.1 Å². The predicted octanol–water partition coefficient (Wildman–Crippen LogP) is 4.99. The summed E-state index contributed by atoms with van der Waals surface area (Å²) < 4.78 is 0. The molecule has 1 fully saturated rings. The van der Waals surface area contributed by atoms with Gasteiger partial charge in [0, 0.05) is 69.2 Å². The Kier molecular flexibility index (Phi) is 6.77. The molecule has 2 N–H and O–H groups in total. The number of nitrogens with one attached hydrogen (secondary N) is 2. The van der Waals surface area contributed by atoms with Gasteiger partial charge in [-0.05, 0) is 57.2 Å². The van der Waals surface area contributed by atoms with Crippen LogP contribution in [0.5, 0.6) is 0 Å². The number of anilines is 2.